The highest BCUT2D eigenvalue weighted by Crippen LogP contribution is 2.41. The Morgan fingerprint density at radius 1 is 1.00 bits per heavy atom. The molecule has 37 heavy (non-hydrogen) atoms. The molecule has 0 radical (unpaired) electrons. The second-order valence-electron chi connectivity index (χ2n) is 8.21. The molecule has 3 aromatic rings. The van der Waals surface area contributed by atoms with E-state index in [4.69, 9.17) is 9.47 Å². The first kappa shape index (κ1) is 26.5. The van der Waals surface area contributed by atoms with E-state index in [1.807, 2.05) is 0 Å². The lowest BCUT2D eigenvalue weighted by Gasteiger charge is -2.36. The second-order valence-corrected chi connectivity index (χ2v) is 9.17. The fourth-order valence-corrected chi connectivity index (χ4v) is 4.52. The Bertz CT molecular complexity index is 1260. The fourth-order valence-electron chi connectivity index (χ4n) is 3.67. The van der Waals surface area contributed by atoms with E-state index in [-0.39, 0.29) is 47.7 Å². The molecule has 0 bridgehead atoms. The molecule has 1 aliphatic heterocycles. The van der Waals surface area contributed by atoms with Crippen molar-refractivity contribution in [3.8, 4) is 22.1 Å². The van der Waals surface area contributed by atoms with E-state index in [9.17, 15) is 31.5 Å². The van der Waals surface area contributed by atoms with Crippen molar-refractivity contribution in [3.05, 3.63) is 60.2 Å². The Morgan fingerprint density at radius 3 is 2.19 bits per heavy atom. The van der Waals surface area contributed by atoms with Crippen LogP contribution in [0.5, 0.6) is 10.8 Å². The van der Waals surface area contributed by atoms with Gasteiger partial charge in [-0.3, -0.25) is 14.9 Å². The largest absolute Gasteiger partial charge is 0.444 e. The number of hydrogen-bond donors (Lipinski definition) is 2. The summed E-state index contributed by atoms with van der Waals surface area (Å²) in [5.74, 6) is -2.79. The highest BCUT2D eigenvalue weighted by molar-refractivity contribution is 7.18. The van der Waals surface area contributed by atoms with Gasteiger partial charge < -0.3 is 14.8 Å². The van der Waals surface area contributed by atoms with E-state index < -0.39 is 41.6 Å². The Kier molecular flexibility index (Phi) is 7.73. The molecule has 0 aliphatic carbocycles. The first-order valence-electron chi connectivity index (χ1n) is 11.0. The van der Waals surface area contributed by atoms with Gasteiger partial charge in [-0.15, -0.1) is 0 Å². The molecule has 196 valence electrons. The van der Waals surface area contributed by atoms with Gasteiger partial charge in [0, 0.05) is 31.6 Å². The second kappa shape index (κ2) is 10.8. The third kappa shape index (κ3) is 6.80. The van der Waals surface area contributed by atoms with Crippen molar-refractivity contribution in [1.29, 1.82) is 0 Å². The zero-order valence-electron chi connectivity index (χ0n) is 19.0. The van der Waals surface area contributed by atoms with Crippen molar-refractivity contribution < 1.29 is 41.0 Å². The maximum absolute atomic E-state index is 13.5. The molecule has 0 saturated carbocycles. The van der Waals surface area contributed by atoms with Gasteiger partial charge >= 0.3 is 6.18 Å². The summed E-state index contributed by atoms with van der Waals surface area (Å²) in [4.78, 5) is 29.7. The number of rotatable bonds is 7. The Morgan fingerprint density at radius 2 is 1.59 bits per heavy atom. The Labute approximate surface area is 211 Å². The lowest BCUT2D eigenvalue weighted by Crippen LogP contribution is -2.60. The summed E-state index contributed by atoms with van der Waals surface area (Å²) in [7, 11) is 0. The molecule has 1 saturated heterocycles. The van der Waals surface area contributed by atoms with Gasteiger partial charge in [0.05, 0.1) is 0 Å². The third-order valence-corrected chi connectivity index (χ3v) is 6.33. The topological polar surface area (TPSA) is 89.6 Å². The average molecular weight is 541 g/mol. The molecule has 4 rings (SSSR count). The Balaban J connectivity index is 1.62. The van der Waals surface area contributed by atoms with Crippen LogP contribution in [0.25, 0.3) is 11.3 Å². The normalized spacial score (nSPS) is 15.2. The van der Waals surface area contributed by atoms with Crippen molar-refractivity contribution in [2.45, 2.75) is 31.0 Å². The number of benzene rings is 2. The van der Waals surface area contributed by atoms with Crippen LogP contribution in [0.1, 0.15) is 19.3 Å². The van der Waals surface area contributed by atoms with Crippen molar-refractivity contribution >= 4 is 28.3 Å². The summed E-state index contributed by atoms with van der Waals surface area (Å²) < 4.78 is 76.0. The van der Waals surface area contributed by atoms with E-state index in [0.717, 1.165) is 11.3 Å². The molecule has 0 unspecified atom stereocenters. The van der Waals surface area contributed by atoms with E-state index in [2.05, 4.69) is 15.6 Å². The number of ether oxygens (including phenoxy) is 2. The number of halogens is 5. The van der Waals surface area contributed by atoms with Crippen molar-refractivity contribution in [3.63, 3.8) is 0 Å². The first-order chi connectivity index (χ1) is 17.5. The number of amides is 2. The van der Waals surface area contributed by atoms with Crippen molar-refractivity contribution in [2.24, 2.45) is 0 Å². The van der Waals surface area contributed by atoms with Gasteiger partial charge in [0.15, 0.2) is 5.13 Å². The summed E-state index contributed by atoms with van der Waals surface area (Å²) in [6.07, 6.45) is -6.56. The summed E-state index contributed by atoms with van der Waals surface area (Å²) in [5.41, 5.74) is -0.943. The van der Waals surface area contributed by atoms with Crippen LogP contribution in [-0.2, 0) is 14.3 Å². The van der Waals surface area contributed by atoms with Crippen LogP contribution in [0.2, 0.25) is 0 Å². The first-order valence-corrected chi connectivity index (χ1v) is 11.8. The van der Waals surface area contributed by atoms with Crippen LogP contribution in [0.3, 0.4) is 0 Å². The predicted molar refractivity (Wildman–Crippen MR) is 124 cm³/mol. The number of hydrogen-bond acceptors (Lipinski definition) is 6. The van der Waals surface area contributed by atoms with Gasteiger partial charge in [-0.05, 0) is 48.5 Å². The summed E-state index contributed by atoms with van der Waals surface area (Å²) in [6.45, 7) is 0.106. The van der Waals surface area contributed by atoms with Gasteiger partial charge in [-0.1, -0.05) is 11.3 Å². The van der Waals surface area contributed by atoms with Gasteiger partial charge in [0.25, 0.3) is 5.91 Å². The monoisotopic (exact) mass is 541 g/mol. The highest BCUT2D eigenvalue weighted by atomic mass is 32.1. The molecule has 2 N–H and O–H groups in total. The molecule has 1 aliphatic rings. The number of aromatic nitrogens is 1. The smallest absolute Gasteiger partial charge is 0.397 e. The molecule has 7 nitrogen and oxygen atoms in total. The predicted octanol–water partition coefficient (Wildman–Crippen LogP) is 5.44. The molecular formula is C24H20F5N3O4S. The van der Waals surface area contributed by atoms with E-state index in [0.29, 0.717) is 5.56 Å². The minimum atomic E-state index is -4.74. The van der Waals surface area contributed by atoms with E-state index >= 15 is 0 Å². The van der Waals surface area contributed by atoms with Crippen LogP contribution in [0.15, 0.2) is 48.5 Å². The number of carbonyl (C=O) groups is 2. The quantitative estimate of drug-likeness (QED) is 0.389. The summed E-state index contributed by atoms with van der Waals surface area (Å²) in [5, 5.41) is 5.01. The van der Waals surface area contributed by atoms with Crippen LogP contribution in [-0.4, -0.2) is 41.7 Å². The number of nitrogens with one attached hydrogen (secondary N) is 2. The zero-order valence-corrected chi connectivity index (χ0v) is 19.8. The molecule has 2 heterocycles. The van der Waals surface area contributed by atoms with Crippen LogP contribution in [0, 0.1) is 11.6 Å². The average Bonchev–Trinajstić information content (AvgIpc) is 3.22. The molecule has 13 heteroatoms. The molecule has 2 aromatic carbocycles. The standard InChI is InChI=1S/C24H20F5N3O4S/c25-15-3-1-14(2-4-15)19-20(36-17-7-5-16(26)6-8-17)37-22(30-19)31-21(34)23(9-11-35-12-10-23)32-18(33)13-24(27,28)29/h1-8H,9-13H2,(H,32,33)(H,30,31,34). The van der Waals surface area contributed by atoms with Crippen molar-refractivity contribution in [1.82, 2.24) is 10.3 Å². The maximum Gasteiger partial charge on any atom is 0.397 e. The van der Waals surface area contributed by atoms with Crippen LogP contribution < -0.4 is 15.4 Å². The molecule has 2 amide bonds. The van der Waals surface area contributed by atoms with Gasteiger partial charge in [-0.25, -0.2) is 13.8 Å². The van der Waals surface area contributed by atoms with Crippen LogP contribution in [0.4, 0.5) is 27.1 Å². The fraction of sp³-hybridized carbons (Fsp3) is 0.292. The summed E-state index contributed by atoms with van der Waals surface area (Å²) >= 11 is 0.901. The summed E-state index contributed by atoms with van der Waals surface area (Å²) in [6, 6.07) is 10.5. The lowest BCUT2D eigenvalue weighted by atomic mass is 9.88. The zero-order chi connectivity index (χ0) is 26.6. The van der Waals surface area contributed by atoms with Crippen molar-refractivity contribution in [2.75, 3.05) is 18.5 Å². The lowest BCUT2D eigenvalue weighted by molar-refractivity contribution is -0.157. The van der Waals surface area contributed by atoms with E-state index in [1.54, 1.807) is 0 Å². The maximum atomic E-state index is 13.5. The molecular weight excluding hydrogens is 521 g/mol. The van der Waals surface area contributed by atoms with Gasteiger partial charge in [-0.2, -0.15) is 13.2 Å². The molecule has 0 spiro atoms. The number of nitrogens with zero attached hydrogens (tertiary/aromatic N) is 1. The molecule has 0 atom stereocenters. The number of alkyl halides is 3. The minimum Gasteiger partial charge on any atom is -0.444 e. The highest BCUT2D eigenvalue weighted by Gasteiger charge is 2.44. The minimum absolute atomic E-state index is 0.0253. The Hall–Kier alpha value is -3.58. The third-order valence-electron chi connectivity index (χ3n) is 5.48. The molecule has 1 aromatic heterocycles. The SMILES string of the molecule is O=C(CC(F)(F)F)NC1(C(=O)Nc2nc(-c3ccc(F)cc3)c(Oc3ccc(F)cc3)s2)CCOCC1. The number of anilines is 1. The molecule has 1 fully saturated rings. The number of carbonyl (C=O) groups excluding carboxylic acids is 2. The van der Waals surface area contributed by atoms with Crippen LogP contribution >= 0.6 is 11.3 Å². The van der Waals surface area contributed by atoms with Gasteiger partial charge in [0.2, 0.25) is 11.0 Å². The number of thiazole rings is 1. The van der Waals surface area contributed by atoms with Gasteiger partial charge in [0.1, 0.15) is 35.0 Å². The van der Waals surface area contributed by atoms with E-state index in [1.165, 1.54) is 48.5 Å².